The zero-order valence-corrected chi connectivity index (χ0v) is 13.4. The van der Waals surface area contributed by atoms with Crippen LogP contribution in [-0.4, -0.2) is 10.8 Å². The minimum absolute atomic E-state index is 0.122. The molecule has 0 spiro atoms. The van der Waals surface area contributed by atoms with Crippen molar-refractivity contribution in [1.82, 2.24) is 4.98 Å². The van der Waals surface area contributed by atoms with Crippen LogP contribution in [0.25, 0.3) is 11.1 Å². The van der Waals surface area contributed by atoms with E-state index in [0.29, 0.717) is 16.1 Å². The van der Waals surface area contributed by atoms with Gasteiger partial charge in [-0.2, -0.15) is 5.26 Å². The second-order valence-corrected chi connectivity index (χ2v) is 6.42. The number of para-hydroxylation sites is 2. The lowest BCUT2D eigenvalue weighted by Crippen LogP contribution is -2.14. The van der Waals surface area contributed by atoms with Gasteiger partial charge in [-0.05, 0) is 42.2 Å². The Morgan fingerprint density at radius 2 is 2.12 bits per heavy atom. The summed E-state index contributed by atoms with van der Waals surface area (Å²) in [6.45, 7) is 0. The van der Waals surface area contributed by atoms with Crippen molar-refractivity contribution in [2.24, 2.45) is 5.92 Å². The molecule has 1 aromatic heterocycles. The van der Waals surface area contributed by atoms with Crippen LogP contribution in [0, 0.1) is 17.2 Å². The van der Waals surface area contributed by atoms with E-state index < -0.39 is 5.92 Å². The summed E-state index contributed by atoms with van der Waals surface area (Å²) in [5.41, 5.74) is 2.28. The first kappa shape index (κ1) is 14.9. The molecule has 0 N–H and O–H groups in total. The van der Waals surface area contributed by atoms with Crippen LogP contribution in [0.4, 0.5) is 0 Å². The molecule has 1 aliphatic carbocycles. The number of hydrogen-bond acceptors (Lipinski definition) is 4. The molecule has 3 aromatic rings. The lowest BCUT2D eigenvalue weighted by Gasteiger charge is -2.04. The Labute approximate surface area is 143 Å². The number of aromatic nitrogens is 1. The lowest BCUT2D eigenvalue weighted by molar-refractivity contribution is -0.121. The molecule has 0 aliphatic heterocycles. The summed E-state index contributed by atoms with van der Waals surface area (Å²) in [4.78, 5) is 17.0. The summed E-state index contributed by atoms with van der Waals surface area (Å²) < 4.78 is 5.60. The van der Waals surface area contributed by atoms with E-state index in [0.717, 1.165) is 12.0 Å². The standard InChI is InChI=1S/C19H13ClN2O2/c20-12-5-3-4-11(8-12)13-9-14(13)18(23)15(10-21)19-22-16-6-1-2-7-17(16)24-19/h1-8,13-15H,9H2/t13-,14+,15-/m1/s1. The molecular weight excluding hydrogens is 324 g/mol. The molecular formula is C19H13ClN2O2. The van der Waals surface area contributed by atoms with Crippen molar-refractivity contribution in [2.45, 2.75) is 18.3 Å². The number of fused-ring (bicyclic) bond motifs is 1. The van der Waals surface area contributed by atoms with Crippen molar-refractivity contribution in [3.63, 3.8) is 0 Å². The van der Waals surface area contributed by atoms with E-state index in [1.54, 1.807) is 18.2 Å². The van der Waals surface area contributed by atoms with E-state index in [1.165, 1.54) is 0 Å². The van der Waals surface area contributed by atoms with Crippen molar-refractivity contribution in [2.75, 3.05) is 0 Å². The zero-order chi connectivity index (χ0) is 16.7. The van der Waals surface area contributed by atoms with Crippen molar-refractivity contribution in [3.05, 3.63) is 65.0 Å². The van der Waals surface area contributed by atoms with Crippen LogP contribution in [0.5, 0.6) is 0 Å². The number of oxazole rings is 1. The molecule has 0 saturated heterocycles. The summed E-state index contributed by atoms with van der Waals surface area (Å²) in [7, 11) is 0. The first-order valence-electron chi connectivity index (χ1n) is 7.71. The number of ketones is 1. The van der Waals surface area contributed by atoms with Crippen molar-refractivity contribution >= 4 is 28.5 Å². The van der Waals surface area contributed by atoms with Crippen LogP contribution in [0.3, 0.4) is 0 Å². The fourth-order valence-electron chi connectivity index (χ4n) is 3.08. The third-order valence-electron chi connectivity index (χ3n) is 4.40. The highest BCUT2D eigenvalue weighted by Crippen LogP contribution is 2.50. The molecule has 3 atom stereocenters. The van der Waals surface area contributed by atoms with Gasteiger partial charge in [0.05, 0.1) is 6.07 Å². The molecule has 5 heteroatoms. The first-order chi connectivity index (χ1) is 11.7. The molecule has 1 saturated carbocycles. The van der Waals surface area contributed by atoms with E-state index in [4.69, 9.17) is 16.0 Å². The molecule has 0 unspecified atom stereocenters. The van der Waals surface area contributed by atoms with Gasteiger partial charge in [-0.3, -0.25) is 4.79 Å². The van der Waals surface area contributed by atoms with Gasteiger partial charge in [0.2, 0.25) is 5.89 Å². The van der Waals surface area contributed by atoms with E-state index in [2.05, 4.69) is 11.1 Å². The highest BCUT2D eigenvalue weighted by Gasteiger charge is 2.47. The van der Waals surface area contributed by atoms with E-state index in [9.17, 15) is 10.1 Å². The maximum Gasteiger partial charge on any atom is 0.220 e. The maximum absolute atomic E-state index is 12.7. The largest absolute Gasteiger partial charge is 0.439 e. The van der Waals surface area contributed by atoms with Crippen LogP contribution in [0.2, 0.25) is 5.02 Å². The molecule has 2 aromatic carbocycles. The van der Waals surface area contributed by atoms with Gasteiger partial charge < -0.3 is 4.42 Å². The van der Waals surface area contributed by atoms with Gasteiger partial charge in [-0.15, -0.1) is 0 Å². The Bertz CT molecular complexity index is 940. The van der Waals surface area contributed by atoms with Crippen molar-refractivity contribution in [1.29, 1.82) is 5.26 Å². The van der Waals surface area contributed by atoms with Gasteiger partial charge in [0.15, 0.2) is 17.3 Å². The number of Topliss-reactive ketones (excluding diaryl/α,β-unsaturated/α-hetero) is 1. The Balaban J connectivity index is 1.58. The molecule has 1 fully saturated rings. The Kier molecular flexibility index (Phi) is 3.59. The topological polar surface area (TPSA) is 66.9 Å². The number of nitriles is 1. The number of rotatable bonds is 4. The van der Waals surface area contributed by atoms with Gasteiger partial charge in [-0.1, -0.05) is 35.9 Å². The lowest BCUT2D eigenvalue weighted by atomic mass is 9.99. The number of benzene rings is 2. The van der Waals surface area contributed by atoms with E-state index >= 15 is 0 Å². The number of carbonyl (C=O) groups is 1. The Hall–Kier alpha value is -2.64. The smallest absolute Gasteiger partial charge is 0.220 e. The van der Waals surface area contributed by atoms with Crippen LogP contribution >= 0.6 is 11.6 Å². The van der Waals surface area contributed by atoms with Gasteiger partial charge >= 0.3 is 0 Å². The summed E-state index contributed by atoms with van der Waals surface area (Å²) in [5.74, 6) is -0.972. The normalized spacial score (nSPS) is 20.5. The minimum atomic E-state index is -0.966. The fourth-order valence-corrected chi connectivity index (χ4v) is 3.28. The highest BCUT2D eigenvalue weighted by atomic mass is 35.5. The molecule has 0 amide bonds. The fraction of sp³-hybridized carbons (Fsp3) is 0.211. The van der Waals surface area contributed by atoms with Gasteiger partial charge in [-0.25, -0.2) is 4.98 Å². The monoisotopic (exact) mass is 336 g/mol. The van der Waals surface area contributed by atoms with Crippen LogP contribution < -0.4 is 0 Å². The summed E-state index contributed by atoms with van der Waals surface area (Å²) >= 11 is 6.01. The molecule has 4 nitrogen and oxygen atoms in total. The molecule has 24 heavy (non-hydrogen) atoms. The average Bonchev–Trinajstić information content (AvgIpc) is 3.28. The summed E-state index contributed by atoms with van der Waals surface area (Å²) in [5, 5.41) is 10.1. The Morgan fingerprint density at radius 3 is 2.88 bits per heavy atom. The SMILES string of the molecule is N#C[C@H](C(=O)[C@H]1C[C@@H]1c1cccc(Cl)c1)c1nc2ccccc2o1. The average molecular weight is 337 g/mol. The number of carbonyl (C=O) groups excluding carboxylic acids is 1. The van der Waals surface area contributed by atoms with Crippen LogP contribution in [0.1, 0.15) is 29.7 Å². The molecule has 1 heterocycles. The summed E-state index contributed by atoms with van der Waals surface area (Å²) in [6, 6.07) is 16.8. The molecule has 0 bridgehead atoms. The molecule has 118 valence electrons. The number of halogens is 1. The van der Waals surface area contributed by atoms with Crippen molar-refractivity contribution in [3.8, 4) is 6.07 Å². The first-order valence-corrected chi connectivity index (χ1v) is 8.09. The quantitative estimate of drug-likeness (QED) is 0.705. The van der Waals surface area contributed by atoms with Crippen molar-refractivity contribution < 1.29 is 9.21 Å². The maximum atomic E-state index is 12.7. The van der Waals surface area contributed by atoms with Crippen LogP contribution in [-0.2, 0) is 4.79 Å². The summed E-state index contributed by atoms with van der Waals surface area (Å²) in [6.07, 6.45) is 0.734. The minimum Gasteiger partial charge on any atom is -0.439 e. The van der Waals surface area contributed by atoms with Crippen LogP contribution in [0.15, 0.2) is 52.9 Å². The highest BCUT2D eigenvalue weighted by molar-refractivity contribution is 6.30. The molecule has 1 aliphatic rings. The second kappa shape index (κ2) is 5.77. The van der Waals surface area contributed by atoms with Gasteiger partial charge in [0, 0.05) is 10.9 Å². The zero-order valence-electron chi connectivity index (χ0n) is 12.6. The number of nitrogens with zero attached hydrogens (tertiary/aromatic N) is 2. The van der Waals surface area contributed by atoms with Gasteiger partial charge in [0.1, 0.15) is 5.52 Å². The van der Waals surface area contributed by atoms with E-state index in [-0.39, 0.29) is 23.5 Å². The van der Waals surface area contributed by atoms with Gasteiger partial charge in [0.25, 0.3) is 0 Å². The second-order valence-electron chi connectivity index (χ2n) is 5.99. The predicted molar refractivity (Wildman–Crippen MR) is 89.7 cm³/mol. The Morgan fingerprint density at radius 1 is 1.29 bits per heavy atom. The third kappa shape index (κ3) is 2.57. The molecule has 0 radical (unpaired) electrons. The van der Waals surface area contributed by atoms with E-state index in [1.807, 2.05) is 30.3 Å². The number of hydrogen-bond donors (Lipinski definition) is 0. The third-order valence-corrected chi connectivity index (χ3v) is 4.64. The molecule has 4 rings (SSSR count). The predicted octanol–water partition coefficient (Wildman–Crippen LogP) is 4.46.